The first-order valence-corrected chi connectivity index (χ1v) is 8.18. The number of aryl methyl sites for hydroxylation is 1. The SMILES string of the molecule is NNc1nc(-c2cc(Cl)ccc2Br)nc2c1CCCCC2. The fourth-order valence-corrected chi connectivity index (χ4v) is 3.28. The average Bonchev–Trinajstić information content (AvgIpc) is 2.74. The largest absolute Gasteiger partial charge is 0.308 e. The topological polar surface area (TPSA) is 63.8 Å². The summed E-state index contributed by atoms with van der Waals surface area (Å²) in [5.74, 6) is 7.04. The van der Waals surface area contributed by atoms with Crippen LogP contribution in [0, 0.1) is 0 Å². The Morgan fingerprint density at radius 3 is 2.76 bits per heavy atom. The molecule has 1 aromatic carbocycles. The van der Waals surface area contributed by atoms with E-state index in [1.165, 1.54) is 6.42 Å². The standard InChI is InChI=1S/C15H16BrClN4/c16-12-7-6-9(17)8-11(12)14-19-13-5-3-1-2-4-10(13)15(20-14)21-18/h6-8H,1-5,18H2,(H,19,20,21). The quantitative estimate of drug-likeness (QED) is 0.476. The Morgan fingerprint density at radius 1 is 1.14 bits per heavy atom. The summed E-state index contributed by atoms with van der Waals surface area (Å²) < 4.78 is 0.920. The number of hydrogen-bond donors (Lipinski definition) is 2. The molecule has 1 aromatic heterocycles. The minimum absolute atomic E-state index is 0.651. The summed E-state index contributed by atoms with van der Waals surface area (Å²) in [6.07, 6.45) is 5.48. The van der Waals surface area contributed by atoms with E-state index < -0.39 is 0 Å². The number of hydrazine groups is 1. The van der Waals surface area contributed by atoms with Gasteiger partial charge >= 0.3 is 0 Å². The van der Waals surface area contributed by atoms with E-state index in [0.29, 0.717) is 10.8 Å². The van der Waals surface area contributed by atoms with Crippen LogP contribution in [0.5, 0.6) is 0 Å². The smallest absolute Gasteiger partial charge is 0.163 e. The molecule has 3 N–H and O–H groups in total. The van der Waals surface area contributed by atoms with Crippen LogP contribution in [0.4, 0.5) is 5.82 Å². The van der Waals surface area contributed by atoms with E-state index in [1.54, 1.807) is 0 Å². The predicted molar refractivity (Wildman–Crippen MR) is 89.2 cm³/mol. The molecule has 2 aromatic rings. The molecule has 4 nitrogen and oxygen atoms in total. The molecule has 0 spiro atoms. The summed E-state index contributed by atoms with van der Waals surface area (Å²) in [7, 11) is 0. The lowest BCUT2D eigenvalue weighted by molar-refractivity contribution is 0.709. The second-order valence-corrected chi connectivity index (χ2v) is 6.44. The van der Waals surface area contributed by atoms with Gasteiger partial charge in [-0.15, -0.1) is 0 Å². The van der Waals surface area contributed by atoms with Gasteiger partial charge in [0.1, 0.15) is 5.82 Å². The van der Waals surface area contributed by atoms with Crippen molar-refractivity contribution in [3.8, 4) is 11.4 Å². The number of nitrogens with zero attached hydrogens (tertiary/aromatic N) is 2. The van der Waals surface area contributed by atoms with Gasteiger partial charge in [-0.2, -0.15) is 0 Å². The molecule has 0 radical (unpaired) electrons. The zero-order valence-electron chi connectivity index (χ0n) is 11.5. The van der Waals surface area contributed by atoms with Crippen molar-refractivity contribution in [3.63, 3.8) is 0 Å². The Kier molecular flexibility index (Phi) is 4.42. The fourth-order valence-electron chi connectivity index (χ4n) is 2.68. The van der Waals surface area contributed by atoms with Crippen LogP contribution in [-0.2, 0) is 12.8 Å². The minimum atomic E-state index is 0.651. The fraction of sp³-hybridized carbons (Fsp3) is 0.333. The van der Waals surface area contributed by atoms with Crippen molar-refractivity contribution in [2.24, 2.45) is 5.84 Å². The van der Waals surface area contributed by atoms with Crippen molar-refractivity contribution in [3.05, 3.63) is 39.0 Å². The summed E-state index contributed by atoms with van der Waals surface area (Å²) >= 11 is 9.63. The van der Waals surface area contributed by atoms with E-state index in [4.69, 9.17) is 22.4 Å². The van der Waals surface area contributed by atoms with Gasteiger partial charge < -0.3 is 5.43 Å². The maximum Gasteiger partial charge on any atom is 0.163 e. The number of rotatable bonds is 2. The number of nitrogen functional groups attached to an aromatic ring is 1. The molecule has 1 aliphatic carbocycles. The molecule has 0 saturated carbocycles. The molecule has 1 heterocycles. The molecule has 21 heavy (non-hydrogen) atoms. The van der Waals surface area contributed by atoms with Gasteiger partial charge in [0.2, 0.25) is 0 Å². The van der Waals surface area contributed by atoms with E-state index in [-0.39, 0.29) is 0 Å². The van der Waals surface area contributed by atoms with Gasteiger partial charge in [-0.3, -0.25) is 0 Å². The van der Waals surface area contributed by atoms with Crippen molar-refractivity contribution in [2.45, 2.75) is 32.1 Å². The summed E-state index contributed by atoms with van der Waals surface area (Å²) in [6, 6.07) is 5.60. The molecule has 0 unspecified atom stereocenters. The van der Waals surface area contributed by atoms with Crippen LogP contribution in [0.2, 0.25) is 5.02 Å². The lowest BCUT2D eigenvalue weighted by Gasteiger charge is -2.13. The molecule has 1 aliphatic rings. The van der Waals surface area contributed by atoms with E-state index in [2.05, 4.69) is 26.3 Å². The van der Waals surface area contributed by atoms with Crippen LogP contribution in [0.25, 0.3) is 11.4 Å². The van der Waals surface area contributed by atoms with Gasteiger partial charge in [-0.1, -0.05) is 34.0 Å². The summed E-state index contributed by atoms with van der Waals surface area (Å²) in [5.41, 5.74) is 5.85. The van der Waals surface area contributed by atoms with Crippen molar-refractivity contribution < 1.29 is 0 Å². The third kappa shape index (κ3) is 3.05. The molecule has 6 heteroatoms. The Labute approximate surface area is 137 Å². The molecule has 0 amide bonds. The van der Waals surface area contributed by atoms with Crippen LogP contribution >= 0.6 is 27.5 Å². The second kappa shape index (κ2) is 6.30. The van der Waals surface area contributed by atoms with Gasteiger partial charge in [-0.05, 0) is 43.9 Å². The van der Waals surface area contributed by atoms with E-state index in [9.17, 15) is 0 Å². The van der Waals surface area contributed by atoms with Crippen LogP contribution in [0.15, 0.2) is 22.7 Å². The molecule has 0 saturated heterocycles. The summed E-state index contributed by atoms with van der Waals surface area (Å²) in [4.78, 5) is 9.34. The average molecular weight is 368 g/mol. The zero-order valence-corrected chi connectivity index (χ0v) is 13.8. The van der Waals surface area contributed by atoms with Gasteiger partial charge in [0.05, 0.1) is 0 Å². The van der Waals surface area contributed by atoms with Gasteiger partial charge in [0.25, 0.3) is 0 Å². The number of hydrogen-bond acceptors (Lipinski definition) is 4. The Hall–Kier alpha value is -1.17. The molecule has 110 valence electrons. The lowest BCUT2D eigenvalue weighted by atomic mass is 10.1. The Morgan fingerprint density at radius 2 is 1.95 bits per heavy atom. The maximum absolute atomic E-state index is 6.09. The zero-order chi connectivity index (χ0) is 14.8. The molecule has 0 aliphatic heterocycles. The second-order valence-electron chi connectivity index (χ2n) is 5.15. The van der Waals surface area contributed by atoms with E-state index >= 15 is 0 Å². The molecule has 3 rings (SSSR count). The van der Waals surface area contributed by atoms with E-state index in [0.717, 1.165) is 52.8 Å². The summed E-state index contributed by atoms with van der Waals surface area (Å²) in [5, 5.41) is 0.661. The van der Waals surface area contributed by atoms with Crippen LogP contribution < -0.4 is 11.3 Å². The van der Waals surface area contributed by atoms with Crippen molar-refractivity contribution in [2.75, 3.05) is 5.43 Å². The van der Waals surface area contributed by atoms with Crippen molar-refractivity contribution >= 4 is 33.3 Å². The first-order chi connectivity index (χ1) is 10.2. The molecular weight excluding hydrogens is 352 g/mol. The number of fused-ring (bicyclic) bond motifs is 1. The highest BCUT2D eigenvalue weighted by molar-refractivity contribution is 9.10. The first kappa shape index (κ1) is 14.8. The van der Waals surface area contributed by atoms with E-state index in [1.807, 2.05) is 18.2 Å². The number of aromatic nitrogens is 2. The molecule has 0 atom stereocenters. The van der Waals surface area contributed by atoms with Crippen LogP contribution in [0.3, 0.4) is 0 Å². The number of nitrogens with one attached hydrogen (secondary N) is 1. The van der Waals surface area contributed by atoms with Gasteiger partial charge in [0.15, 0.2) is 5.82 Å². The summed E-state index contributed by atoms with van der Waals surface area (Å²) in [6.45, 7) is 0. The predicted octanol–water partition coefficient (Wildman–Crippen LogP) is 4.11. The molecule has 0 fully saturated rings. The maximum atomic E-state index is 6.09. The van der Waals surface area contributed by atoms with Gasteiger partial charge in [0, 0.05) is 26.3 Å². The highest BCUT2D eigenvalue weighted by Gasteiger charge is 2.18. The highest BCUT2D eigenvalue weighted by atomic mass is 79.9. The van der Waals surface area contributed by atoms with Gasteiger partial charge in [-0.25, -0.2) is 15.8 Å². The van der Waals surface area contributed by atoms with Crippen LogP contribution in [-0.4, -0.2) is 9.97 Å². The normalized spacial score (nSPS) is 14.4. The third-order valence-electron chi connectivity index (χ3n) is 3.74. The number of benzene rings is 1. The molecule has 0 bridgehead atoms. The molecular formula is C15H16BrClN4. The Balaban J connectivity index is 2.15. The minimum Gasteiger partial charge on any atom is -0.308 e. The van der Waals surface area contributed by atoms with Crippen LogP contribution in [0.1, 0.15) is 30.5 Å². The lowest BCUT2D eigenvalue weighted by Crippen LogP contribution is -2.14. The number of nitrogens with two attached hydrogens (primary N) is 1. The van der Waals surface area contributed by atoms with Crippen molar-refractivity contribution in [1.82, 2.24) is 9.97 Å². The van der Waals surface area contributed by atoms with Crippen molar-refractivity contribution in [1.29, 1.82) is 0 Å². The first-order valence-electron chi connectivity index (χ1n) is 7.01. The number of halogens is 2. The third-order valence-corrected chi connectivity index (χ3v) is 4.67. The monoisotopic (exact) mass is 366 g/mol. The Bertz CT molecular complexity index is 675. The number of anilines is 1. The highest BCUT2D eigenvalue weighted by Crippen LogP contribution is 2.32.